The Balaban J connectivity index is 1.75. The summed E-state index contributed by atoms with van der Waals surface area (Å²) < 4.78 is 4.96. The molecule has 0 radical (unpaired) electrons. The van der Waals surface area contributed by atoms with Crippen LogP contribution in [-0.4, -0.2) is 36.2 Å². The summed E-state index contributed by atoms with van der Waals surface area (Å²) in [6.45, 7) is 4.42. The van der Waals surface area contributed by atoms with Crippen molar-refractivity contribution in [1.29, 1.82) is 0 Å². The summed E-state index contributed by atoms with van der Waals surface area (Å²) in [5.41, 5.74) is 2.98. The predicted octanol–water partition coefficient (Wildman–Crippen LogP) is 3.47. The third kappa shape index (κ3) is 3.17. The van der Waals surface area contributed by atoms with Crippen LogP contribution in [0.2, 0.25) is 0 Å². The Hall–Kier alpha value is -2.86. The summed E-state index contributed by atoms with van der Waals surface area (Å²) in [5, 5.41) is 1.79. The van der Waals surface area contributed by atoms with Crippen LogP contribution in [-0.2, 0) is 14.4 Å². The first-order chi connectivity index (χ1) is 13.1. The van der Waals surface area contributed by atoms with Gasteiger partial charge in [0, 0.05) is 0 Å². The number of carbonyl (C=O) groups excluding carboxylic acids is 2. The highest BCUT2D eigenvalue weighted by molar-refractivity contribution is 5.95. The Bertz CT molecular complexity index is 837. The fourth-order valence-corrected chi connectivity index (χ4v) is 3.72. The first-order valence-electron chi connectivity index (χ1n) is 9.12. The number of imide groups is 1. The van der Waals surface area contributed by atoms with E-state index in [1.807, 2.05) is 68.4 Å². The van der Waals surface area contributed by atoms with Crippen molar-refractivity contribution < 1.29 is 19.2 Å². The Kier molecular flexibility index (Phi) is 4.58. The zero-order valence-corrected chi connectivity index (χ0v) is 15.4. The van der Waals surface area contributed by atoms with E-state index >= 15 is 0 Å². The average molecular weight is 366 g/mol. The van der Waals surface area contributed by atoms with Gasteiger partial charge < -0.3 is 4.74 Å². The molecular weight excluding hydrogens is 344 g/mol. The monoisotopic (exact) mass is 366 g/mol. The first kappa shape index (κ1) is 17.5. The highest BCUT2D eigenvalue weighted by Crippen LogP contribution is 2.43. The molecule has 2 aromatic rings. The number of cyclic esters (lactones) is 1. The summed E-state index contributed by atoms with van der Waals surface area (Å²) in [7, 11) is 0. The van der Waals surface area contributed by atoms with Gasteiger partial charge in [0.1, 0.15) is 6.61 Å². The number of para-hydroxylation sites is 1. The molecule has 6 nitrogen and oxygen atoms in total. The van der Waals surface area contributed by atoms with Gasteiger partial charge >= 0.3 is 6.09 Å². The van der Waals surface area contributed by atoms with E-state index in [0.29, 0.717) is 0 Å². The predicted molar refractivity (Wildman–Crippen MR) is 99.9 cm³/mol. The van der Waals surface area contributed by atoms with Crippen molar-refractivity contribution in [2.45, 2.75) is 26.0 Å². The second-order valence-corrected chi connectivity index (χ2v) is 6.96. The molecule has 6 heteroatoms. The third-order valence-electron chi connectivity index (χ3n) is 5.12. The number of carbonyl (C=O) groups is 2. The van der Waals surface area contributed by atoms with Gasteiger partial charge in [-0.15, -0.1) is 0 Å². The van der Waals surface area contributed by atoms with Crippen molar-refractivity contribution in [2.24, 2.45) is 5.92 Å². The molecule has 0 N–H and O–H groups in total. The maximum absolute atomic E-state index is 13.2. The smallest absolute Gasteiger partial charge is 0.416 e. The standard InChI is InChI=1S/C21H22N2O4/c1-14-8-10-16(11-9-14)19-18(20(24)22-12-13-26-21(22)25)15(2)27-23(19)17-6-4-3-5-7-17/h3-11,15,18-19H,12-13H2,1-2H3/t15-,18-,19+/m1/s1. The quantitative estimate of drug-likeness (QED) is 0.832. The third-order valence-corrected chi connectivity index (χ3v) is 5.12. The van der Waals surface area contributed by atoms with E-state index in [0.717, 1.165) is 16.8 Å². The molecule has 2 aliphatic rings. The number of hydrogen-bond acceptors (Lipinski definition) is 5. The second kappa shape index (κ2) is 7.04. The average Bonchev–Trinajstić information content (AvgIpc) is 3.26. The molecule has 0 saturated carbocycles. The van der Waals surface area contributed by atoms with Crippen LogP contribution in [0.25, 0.3) is 0 Å². The molecule has 2 aromatic carbocycles. The number of amides is 2. The summed E-state index contributed by atoms with van der Waals surface area (Å²) in [6, 6.07) is 17.4. The van der Waals surface area contributed by atoms with E-state index in [2.05, 4.69) is 0 Å². The summed E-state index contributed by atoms with van der Waals surface area (Å²) >= 11 is 0. The van der Waals surface area contributed by atoms with E-state index in [1.54, 1.807) is 5.06 Å². The van der Waals surface area contributed by atoms with Crippen molar-refractivity contribution >= 4 is 17.7 Å². The topological polar surface area (TPSA) is 59.1 Å². The number of nitrogens with zero attached hydrogens (tertiary/aromatic N) is 2. The van der Waals surface area contributed by atoms with Crippen LogP contribution < -0.4 is 5.06 Å². The van der Waals surface area contributed by atoms with E-state index in [9.17, 15) is 9.59 Å². The van der Waals surface area contributed by atoms with Crippen LogP contribution in [0.3, 0.4) is 0 Å². The minimum Gasteiger partial charge on any atom is -0.447 e. The van der Waals surface area contributed by atoms with Crippen LogP contribution in [0.5, 0.6) is 0 Å². The van der Waals surface area contributed by atoms with Gasteiger partial charge in [-0.25, -0.2) is 14.8 Å². The molecule has 4 rings (SSSR count). The molecule has 0 bridgehead atoms. The zero-order valence-electron chi connectivity index (χ0n) is 15.4. The van der Waals surface area contributed by atoms with E-state index in [4.69, 9.17) is 9.57 Å². The first-order valence-corrected chi connectivity index (χ1v) is 9.12. The Morgan fingerprint density at radius 3 is 2.41 bits per heavy atom. The molecule has 2 fully saturated rings. The molecule has 0 aliphatic carbocycles. The minimum absolute atomic E-state index is 0.240. The molecule has 0 aromatic heterocycles. The lowest BCUT2D eigenvalue weighted by Gasteiger charge is -2.28. The zero-order chi connectivity index (χ0) is 19.0. The number of rotatable bonds is 3. The fraction of sp³-hybridized carbons (Fsp3) is 0.333. The van der Waals surface area contributed by atoms with Crippen LogP contribution in [0.1, 0.15) is 24.1 Å². The molecule has 2 saturated heterocycles. The lowest BCUT2D eigenvalue weighted by atomic mass is 9.88. The number of anilines is 1. The van der Waals surface area contributed by atoms with Crippen LogP contribution in [0.15, 0.2) is 54.6 Å². The number of hydrogen-bond donors (Lipinski definition) is 0. The van der Waals surface area contributed by atoms with Gasteiger partial charge in [-0.2, -0.15) is 0 Å². The van der Waals surface area contributed by atoms with Gasteiger partial charge in [0.25, 0.3) is 0 Å². The lowest BCUT2D eigenvalue weighted by molar-refractivity contribution is -0.133. The summed E-state index contributed by atoms with van der Waals surface area (Å²) in [5.74, 6) is -0.771. The van der Waals surface area contributed by atoms with Gasteiger partial charge in [0.15, 0.2) is 0 Å². The van der Waals surface area contributed by atoms with Crippen molar-refractivity contribution in [3.63, 3.8) is 0 Å². The van der Waals surface area contributed by atoms with Gasteiger partial charge in [-0.3, -0.25) is 9.63 Å². The second-order valence-electron chi connectivity index (χ2n) is 6.96. The number of ether oxygens (including phenoxy) is 1. The van der Waals surface area contributed by atoms with Crippen molar-refractivity contribution in [1.82, 2.24) is 4.90 Å². The maximum Gasteiger partial charge on any atom is 0.416 e. The normalized spacial score (nSPS) is 25.0. The highest BCUT2D eigenvalue weighted by atomic mass is 16.7. The van der Waals surface area contributed by atoms with Crippen molar-refractivity contribution in [2.75, 3.05) is 18.2 Å². The van der Waals surface area contributed by atoms with Crippen LogP contribution in [0, 0.1) is 12.8 Å². The van der Waals surface area contributed by atoms with Crippen molar-refractivity contribution in [3.8, 4) is 0 Å². The van der Waals surface area contributed by atoms with Crippen LogP contribution in [0.4, 0.5) is 10.5 Å². The Labute approximate surface area is 158 Å². The molecule has 2 amide bonds. The SMILES string of the molecule is Cc1ccc([C@H]2[C@H](C(=O)N3CCOC3=O)[C@@H](C)ON2c2ccccc2)cc1. The molecule has 140 valence electrons. The summed E-state index contributed by atoms with van der Waals surface area (Å²) in [6.07, 6.45) is -0.953. The van der Waals surface area contributed by atoms with Gasteiger partial charge in [0.2, 0.25) is 5.91 Å². The van der Waals surface area contributed by atoms with Gasteiger partial charge in [0.05, 0.1) is 30.3 Å². The largest absolute Gasteiger partial charge is 0.447 e. The Morgan fingerprint density at radius 2 is 1.78 bits per heavy atom. The number of hydroxylamine groups is 1. The molecular formula is C21H22N2O4. The van der Waals surface area contributed by atoms with Crippen molar-refractivity contribution in [3.05, 3.63) is 65.7 Å². The minimum atomic E-state index is -0.576. The summed E-state index contributed by atoms with van der Waals surface area (Å²) in [4.78, 5) is 32.5. The molecule has 2 heterocycles. The number of aryl methyl sites for hydroxylation is 1. The highest BCUT2D eigenvalue weighted by Gasteiger charge is 2.49. The van der Waals surface area contributed by atoms with Gasteiger partial charge in [-0.05, 0) is 31.5 Å². The molecule has 3 atom stereocenters. The lowest BCUT2D eigenvalue weighted by Crippen LogP contribution is -2.41. The van der Waals surface area contributed by atoms with Gasteiger partial charge in [-0.1, -0.05) is 48.0 Å². The Morgan fingerprint density at radius 1 is 1.07 bits per heavy atom. The molecule has 0 unspecified atom stereocenters. The van der Waals surface area contributed by atoms with E-state index < -0.39 is 12.0 Å². The van der Waals surface area contributed by atoms with E-state index in [-0.39, 0.29) is 31.2 Å². The molecule has 0 spiro atoms. The molecule has 2 aliphatic heterocycles. The van der Waals surface area contributed by atoms with Crippen LogP contribution >= 0.6 is 0 Å². The fourth-order valence-electron chi connectivity index (χ4n) is 3.72. The maximum atomic E-state index is 13.2. The molecule has 27 heavy (non-hydrogen) atoms. The van der Waals surface area contributed by atoms with E-state index in [1.165, 1.54) is 4.90 Å². The number of benzene rings is 2.